The maximum absolute atomic E-state index is 12.5. The molecule has 4 rings (SSSR count). The lowest BCUT2D eigenvalue weighted by atomic mass is 9.99. The summed E-state index contributed by atoms with van der Waals surface area (Å²) in [7, 11) is 1.95. The number of carbonyl (C=O) groups excluding carboxylic acids is 1. The Hall–Kier alpha value is -1.43. The third-order valence-electron chi connectivity index (χ3n) is 6.23. The number of hydrogen-bond acceptors (Lipinski definition) is 4. The smallest absolute Gasteiger partial charge is 0.241 e. The normalized spacial score (nSPS) is 27.5. The van der Waals surface area contributed by atoms with Gasteiger partial charge in [-0.05, 0) is 31.5 Å². The fourth-order valence-corrected chi connectivity index (χ4v) is 4.60. The number of likely N-dealkylation sites (tertiary alicyclic amines) is 1. The predicted molar refractivity (Wildman–Crippen MR) is 99.3 cm³/mol. The predicted octanol–water partition coefficient (Wildman–Crippen LogP) is 1.11. The van der Waals surface area contributed by atoms with E-state index in [-0.39, 0.29) is 6.04 Å². The van der Waals surface area contributed by atoms with Crippen molar-refractivity contribution in [2.24, 2.45) is 0 Å². The maximum atomic E-state index is 12.5. The van der Waals surface area contributed by atoms with Crippen molar-refractivity contribution < 1.29 is 4.79 Å². The molecule has 5 nitrogen and oxygen atoms in total. The highest BCUT2D eigenvalue weighted by Gasteiger charge is 2.39. The minimum atomic E-state index is 0.0925. The van der Waals surface area contributed by atoms with Gasteiger partial charge in [0.05, 0.1) is 0 Å². The van der Waals surface area contributed by atoms with E-state index in [2.05, 4.69) is 45.0 Å². The van der Waals surface area contributed by atoms with Crippen LogP contribution in [0.3, 0.4) is 0 Å². The first-order chi connectivity index (χ1) is 12.2. The van der Waals surface area contributed by atoms with Crippen molar-refractivity contribution in [1.82, 2.24) is 19.6 Å². The van der Waals surface area contributed by atoms with Gasteiger partial charge in [-0.1, -0.05) is 30.3 Å². The summed E-state index contributed by atoms with van der Waals surface area (Å²) in [5.74, 6) is 0.317. The lowest BCUT2D eigenvalue weighted by molar-refractivity contribution is -0.144. The van der Waals surface area contributed by atoms with Crippen LogP contribution in [0.25, 0.3) is 0 Å². The van der Waals surface area contributed by atoms with Gasteiger partial charge in [-0.2, -0.15) is 0 Å². The molecule has 0 N–H and O–H groups in total. The maximum Gasteiger partial charge on any atom is 0.241 e. The number of carbonyl (C=O) groups is 1. The number of benzene rings is 1. The summed E-state index contributed by atoms with van der Waals surface area (Å²) >= 11 is 0. The number of piperidine rings is 1. The van der Waals surface area contributed by atoms with E-state index in [1.165, 1.54) is 18.4 Å². The Morgan fingerprint density at radius 1 is 0.920 bits per heavy atom. The monoisotopic (exact) mass is 342 g/mol. The molecule has 0 spiro atoms. The van der Waals surface area contributed by atoms with Gasteiger partial charge in [-0.15, -0.1) is 0 Å². The summed E-state index contributed by atoms with van der Waals surface area (Å²) in [5.41, 5.74) is 1.41. The molecule has 0 aliphatic carbocycles. The van der Waals surface area contributed by atoms with Crippen LogP contribution < -0.4 is 0 Å². The van der Waals surface area contributed by atoms with Gasteiger partial charge in [-0.25, -0.2) is 0 Å². The SMILES string of the molecule is CN1CCN2CCN(C3CCN(Cc4ccccc4)CC3)CC2C1=O. The molecule has 0 radical (unpaired) electrons. The first-order valence-corrected chi connectivity index (χ1v) is 9.70. The van der Waals surface area contributed by atoms with Crippen LogP contribution in [0.4, 0.5) is 0 Å². The highest BCUT2D eigenvalue weighted by molar-refractivity contribution is 5.82. The van der Waals surface area contributed by atoms with Crippen molar-refractivity contribution in [2.45, 2.75) is 31.5 Å². The van der Waals surface area contributed by atoms with Crippen LogP contribution in [0.15, 0.2) is 30.3 Å². The van der Waals surface area contributed by atoms with Gasteiger partial charge in [0.15, 0.2) is 0 Å². The average molecular weight is 342 g/mol. The van der Waals surface area contributed by atoms with Crippen LogP contribution in [0, 0.1) is 0 Å². The molecule has 0 aromatic heterocycles. The molecule has 3 fully saturated rings. The molecule has 3 aliphatic rings. The van der Waals surface area contributed by atoms with Crippen molar-refractivity contribution in [3.8, 4) is 0 Å². The summed E-state index contributed by atoms with van der Waals surface area (Å²) in [6.45, 7) is 8.41. The first-order valence-electron chi connectivity index (χ1n) is 9.70. The molecule has 1 unspecified atom stereocenters. The third-order valence-corrected chi connectivity index (χ3v) is 6.23. The number of rotatable bonds is 3. The van der Waals surface area contributed by atoms with Gasteiger partial charge in [-0.3, -0.25) is 19.5 Å². The summed E-state index contributed by atoms with van der Waals surface area (Å²) in [6, 6.07) is 11.5. The van der Waals surface area contributed by atoms with E-state index >= 15 is 0 Å². The number of hydrogen-bond donors (Lipinski definition) is 0. The highest BCUT2D eigenvalue weighted by atomic mass is 16.2. The Bertz CT molecular complexity index is 585. The Balaban J connectivity index is 1.30. The summed E-state index contributed by atoms with van der Waals surface area (Å²) in [5, 5.41) is 0. The van der Waals surface area contributed by atoms with Gasteiger partial charge in [0.1, 0.15) is 6.04 Å². The fourth-order valence-electron chi connectivity index (χ4n) is 4.60. The Morgan fingerprint density at radius 3 is 2.36 bits per heavy atom. The number of piperazine rings is 2. The molecule has 3 heterocycles. The van der Waals surface area contributed by atoms with E-state index in [0.29, 0.717) is 11.9 Å². The van der Waals surface area contributed by atoms with Crippen molar-refractivity contribution in [3.05, 3.63) is 35.9 Å². The molecule has 1 aromatic carbocycles. The van der Waals surface area contributed by atoms with E-state index in [4.69, 9.17) is 0 Å². The Labute approximate surface area is 151 Å². The van der Waals surface area contributed by atoms with Crippen LogP contribution in [0.2, 0.25) is 0 Å². The highest BCUT2D eigenvalue weighted by Crippen LogP contribution is 2.23. The molecule has 136 valence electrons. The molecular weight excluding hydrogens is 312 g/mol. The molecule has 25 heavy (non-hydrogen) atoms. The third kappa shape index (κ3) is 3.73. The lowest BCUT2D eigenvalue weighted by Gasteiger charge is -2.48. The fraction of sp³-hybridized carbons (Fsp3) is 0.650. The molecule has 0 saturated carbocycles. The van der Waals surface area contributed by atoms with Gasteiger partial charge in [0.2, 0.25) is 5.91 Å². The van der Waals surface area contributed by atoms with E-state index in [0.717, 1.165) is 52.4 Å². The van der Waals surface area contributed by atoms with Crippen LogP contribution >= 0.6 is 0 Å². The molecule has 0 bridgehead atoms. The topological polar surface area (TPSA) is 30.0 Å². The van der Waals surface area contributed by atoms with Crippen LogP contribution in [0.1, 0.15) is 18.4 Å². The number of fused-ring (bicyclic) bond motifs is 1. The first kappa shape index (κ1) is 17.0. The second-order valence-corrected chi connectivity index (χ2v) is 7.80. The summed E-state index contributed by atoms with van der Waals surface area (Å²) in [6.07, 6.45) is 2.45. The molecule has 3 aliphatic heterocycles. The van der Waals surface area contributed by atoms with Crippen LogP contribution in [0.5, 0.6) is 0 Å². The van der Waals surface area contributed by atoms with E-state index in [9.17, 15) is 4.79 Å². The van der Waals surface area contributed by atoms with Crippen LogP contribution in [-0.2, 0) is 11.3 Å². The minimum Gasteiger partial charge on any atom is -0.343 e. The number of amides is 1. The molecular formula is C20H30N4O. The van der Waals surface area contributed by atoms with E-state index in [1.54, 1.807) is 0 Å². The van der Waals surface area contributed by atoms with Crippen molar-refractivity contribution in [2.75, 3.05) is 52.9 Å². The zero-order valence-corrected chi connectivity index (χ0v) is 15.3. The molecule has 1 amide bonds. The van der Waals surface area contributed by atoms with E-state index in [1.807, 2.05) is 11.9 Å². The number of likely N-dealkylation sites (N-methyl/N-ethyl adjacent to an activating group) is 1. The number of nitrogens with zero attached hydrogens (tertiary/aromatic N) is 4. The van der Waals surface area contributed by atoms with Crippen molar-refractivity contribution in [3.63, 3.8) is 0 Å². The Morgan fingerprint density at radius 2 is 1.60 bits per heavy atom. The zero-order valence-electron chi connectivity index (χ0n) is 15.3. The quantitative estimate of drug-likeness (QED) is 0.823. The second kappa shape index (κ2) is 7.44. The molecule has 1 aromatic rings. The van der Waals surface area contributed by atoms with Gasteiger partial charge >= 0.3 is 0 Å². The Kier molecular flexibility index (Phi) is 5.06. The summed E-state index contributed by atoms with van der Waals surface area (Å²) < 4.78 is 0. The van der Waals surface area contributed by atoms with Crippen LogP contribution in [-0.4, -0.2) is 90.5 Å². The van der Waals surface area contributed by atoms with Gasteiger partial charge in [0.25, 0.3) is 0 Å². The van der Waals surface area contributed by atoms with Gasteiger partial charge < -0.3 is 4.90 Å². The standard InChI is InChI=1S/C20H30N4O/c1-21-11-12-23-13-14-24(16-19(23)20(21)25)18-7-9-22(10-8-18)15-17-5-3-2-4-6-17/h2-6,18-19H,7-16H2,1H3. The molecule has 3 saturated heterocycles. The van der Waals surface area contributed by atoms with Gasteiger partial charge in [0, 0.05) is 52.4 Å². The minimum absolute atomic E-state index is 0.0925. The largest absolute Gasteiger partial charge is 0.343 e. The van der Waals surface area contributed by atoms with Crippen molar-refractivity contribution in [1.29, 1.82) is 0 Å². The second-order valence-electron chi connectivity index (χ2n) is 7.80. The molecule has 1 atom stereocenters. The molecule has 5 heteroatoms. The summed E-state index contributed by atoms with van der Waals surface area (Å²) in [4.78, 5) is 22.0. The van der Waals surface area contributed by atoms with Crippen molar-refractivity contribution >= 4 is 5.91 Å². The van der Waals surface area contributed by atoms with E-state index < -0.39 is 0 Å². The average Bonchev–Trinajstić information content (AvgIpc) is 2.66. The lowest BCUT2D eigenvalue weighted by Crippen LogP contribution is -2.65. The zero-order chi connectivity index (χ0) is 17.2.